The first-order chi connectivity index (χ1) is 12.0. The fraction of sp³-hybridized carbons (Fsp3) is 0.368. The number of hydrogen-bond acceptors (Lipinski definition) is 4. The van der Waals surface area contributed by atoms with E-state index in [1.807, 2.05) is 37.4 Å². The Morgan fingerprint density at radius 3 is 2.72 bits per heavy atom. The lowest BCUT2D eigenvalue weighted by molar-refractivity contribution is -0.123. The lowest BCUT2D eigenvalue weighted by Gasteiger charge is -2.13. The van der Waals surface area contributed by atoms with Gasteiger partial charge in [-0.25, -0.2) is 0 Å². The maximum Gasteiger partial charge on any atom is 0.276 e. The van der Waals surface area contributed by atoms with Crippen molar-refractivity contribution in [3.05, 3.63) is 50.7 Å². The van der Waals surface area contributed by atoms with Crippen LogP contribution in [-0.4, -0.2) is 18.4 Å². The van der Waals surface area contributed by atoms with Gasteiger partial charge in [0.05, 0.1) is 5.56 Å². The zero-order chi connectivity index (χ0) is 17.8. The summed E-state index contributed by atoms with van der Waals surface area (Å²) in [5, 5.41) is 1.88. The normalized spacial score (nSPS) is 13.0. The van der Waals surface area contributed by atoms with Crippen LogP contribution in [0.25, 0.3) is 0 Å². The Morgan fingerprint density at radius 2 is 1.92 bits per heavy atom. The molecule has 0 bridgehead atoms. The largest absolute Gasteiger partial charge is 0.484 e. The minimum Gasteiger partial charge on any atom is -0.484 e. The van der Waals surface area contributed by atoms with Crippen molar-refractivity contribution in [1.29, 1.82) is 0 Å². The zero-order valence-electron chi connectivity index (χ0n) is 14.5. The standard InChI is InChI=1S/C19H22N2O3S/c1-12-7-8-14(9-13(12)2)24-10-18(22)20-21-19(23)16-11-25-17-6-4-3-5-15(16)17/h7-9,11H,3-6,10H2,1-2H3,(H,20,22)(H,21,23). The molecule has 2 aromatic rings. The van der Waals surface area contributed by atoms with Crippen LogP contribution >= 0.6 is 11.3 Å². The summed E-state index contributed by atoms with van der Waals surface area (Å²) in [6.07, 6.45) is 4.27. The Bertz CT molecular complexity index is 798. The zero-order valence-corrected chi connectivity index (χ0v) is 15.3. The van der Waals surface area contributed by atoms with E-state index in [0.29, 0.717) is 11.3 Å². The minimum atomic E-state index is -0.393. The van der Waals surface area contributed by atoms with Crippen LogP contribution in [0.15, 0.2) is 23.6 Å². The number of benzene rings is 1. The number of amides is 2. The number of hydrogen-bond donors (Lipinski definition) is 2. The molecule has 1 heterocycles. The van der Waals surface area contributed by atoms with Gasteiger partial charge in [-0.2, -0.15) is 0 Å². The first-order valence-electron chi connectivity index (χ1n) is 8.43. The molecule has 1 aliphatic carbocycles. The van der Waals surface area contributed by atoms with Crippen molar-refractivity contribution < 1.29 is 14.3 Å². The quantitative estimate of drug-likeness (QED) is 0.826. The van der Waals surface area contributed by atoms with Gasteiger partial charge in [0.15, 0.2) is 6.61 Å². The minimum absolute atomic E-state index is 0.148. The number of rotatable bonds is 4. The Kier molecular flexibility index (Phi) is 5.38. The topological polar surface area (TPSA) is 67.4 Å². The summed E-state index contributed by atoms with van der Waals surface area (Å²) in [4.78, 5) is 25.5. The summed E-state index contributed by atoms with van der Waals surface area (Å²) >= 11 is 1.63. The second-order valence-corrected chi connectivity index (χ2v) is 7.26. The molecule has 5 nitrogen and oxygen atoms in total. The number of fused-ring (bicyclic) bond motifs is 1. The van der Waals surface area contributed by atoms with Crippen LogP contribution in [0.5, 0.6) is 5.75 Å². The predicted octanol–water partition coefficient (Wildman–Crippen LogP) is 3.08. The van der Waals surface area contributed by atoms with Gasteiger partial charge < -0.3 is 4.74 Å². The SMILES string of the molecule is Cc1ccc(OCC(=O)NNC(=O)c2csc3c2CCCC3)cc1C. The monoisotopic (exact) mass is 358 g/mol. The van der Waals surface area contributed by atoms with E-state index < -0.39 is 5.91 Å². The van der Waals surface area contributed by atoms with Gasteiger partial charge in [0.2, 0.25) is 0 Å². The second kappa shape index (κ2) is 7.70. The van der Waals surface area contributed by atoms with Crippen LogP contribution in [0.4, 0.5) is 0 Å². The number of aryl methyl sites for hydroxylation is 3. The summed E-state index contributed by atoms with van der Waals surface area (Å²) in [6.45, 7) is 3.86. The molecule has 0 fully saturated rings. The molecular weight excluding hydrogens is 336 g/mol. The Balaban J connectivity index is 1.49. The van der Waals surface area contributed by atoms with E-state index >= 15 is 0 Å². The van der Waals surface area contributed by atoms with Crippen molar-refractivity contribution in [2.45, 2.75) is 39.5 Å². The molecule has 132 valence electrons. The predicted molar refractivity (Wildman–Crippen MR) is 98.0 cm³/mol. The molecule has 0 saturated heterocycles. The van der Waals surface area contributed by atoms with Crippen molar-refractivity contribution in [3.63, 3.8) is 0 Å². The molecule has 0 atom stereocenters. The lowest BCUT2D eigenvalue weighted by atomic mass is 9.96. The van der Waals surface area contributed by atoms with Gasteiger partial charge in [-0.1, -0.05) is 6.07 Å². The van der Waals surface area contributed by atoms with E-state index in [-0.39, 0.29) is 12.5 Å². The van der Waals surface area contributed by atoms with E-state index in [1.54, 1.807) is 11.3 Å². The molecule has 3 rings (SSSR count). The molecule has 0 spiro atoms. The number of ether oxygens (including phenoxy) is 1. The smallest absolute Gasteiger partial charge is 0.276 e. The van der Waals surface area contributed by atoms with Crippen LogP contribution in [0.2, 0.25) is 0 Å². The molecule has 0 aliphatic heterocycles. The lowest BCUT2D eigenvalue weighted by Crippen LogP contribution is -2.44. The first-order valence-corrected chi connectivity index (χ1v) is 9.31. The maximum absolute atomic E-state index is 12.3. The highest BCUT2D eigenvalue weighted by atomic mass is 32.1. The van der Waals surface area contributed by atoms with Gasteiger partial charge in [0.1, 0.15) is 5.75 Å². The molecule has 2 N–H and O–H groups in total. The van der Waals surface area contributed by atoms with Crippen molar-refractivity contribution in [2.75, 3.05) is 6.61 Å². The number of carbonyl (C=O) groups is 2. The van der Waals surface area contributed by atoms with E-state index in [2.05, 4.69) is 10.9 Å². The van der Waals surface area contributed by atoms with E-state index in [1.165, 1.54) is 16.9 Å². The summed E-state index contributed by atoms with van der Waals surface area (Å²) in [5.41, 5.74) is 8.98. The highest BCUT2D eigenvalue weighted by Crippen LogP contribution is 2.29. The Labute approximate surface area is 151 Å². The molecule has 1 aromatic carbocycles. The van der Waals surface area contributed by atoms with Gasteiger partial charge in [-0.05, 0) is 68.4 Å². The fourth-order valence-corrected chi connectivity index (χ4v) is 3.99. The van der Waals surface area contributed by atoms with E-state index in [0.717, 1.165) is 30.4 Å². The average molecular weight is 358 g/mol. The molecular formula is C19H22N2O3S. The number of carbonyl (C=O) groups excluding carboxylic acids is 2. The van der Waals surface area contributed by atoms with Crippen molar-refractivity contribution in [3.8, 4) is 5.75 Å². The molecule has 2 amide bonds. The van der Waals surface area contributed by atoms with Gasteiger partial charge in [-0.3, -0.25) is 20.4 Å². The third kappa shape index (κ3) is 4.20. The van der Waals surface area contributed by atoms with Gasteiger partial charge in [0.25, 0.3) is 11.8 Å². The van der Waals surface area contributed by atoms with Gasteiger partial charge in [-0.15, -0.1) is 11.3 Å². The number of hydrazine groups is 1. The van der Waals surface area contributed by atoms with E-state index in [4.69, 9.17) is 4.74 Å². The van der Waals surface area contributed by atoms with Crippen molar-refractivity contribution in [2.24, 2.45) is 0 Å². The highest BCUT2D eigenvalue weighted by Gasteiger charge is 2.20. The first kappa shape index (κ1) is 17.5. The molecule has 0 unspecified atom stereocenters. The van der Waals surface area contributed by atoms with Crippen LogP contribution in [-0.2, 0) is 17.6 Å². The van der Waals surface area contributed by atoms with E-state index in [9.17, 15) is 9.59 Å². The number of thiophene rings is 1. The molecule has 6 heteroatoms. The molecule has 1 aliphatic rings. The summed E-state index contributed by atoms with van der Waals surface area (Å²) in [6, 6.07) is 5.66. The van der Waals surface area contributed by atoms with Crippen molar-refractivity contribution >= 4 is 23.2 Å². The Hall–Kier alpha value is -2.34. The van der Waals surface area contributed by atoms with Gasteiger partial charge in [0, 0.05) is 10.3 Å². The summed E-state index contributed by atoms with van der Waals surface area (Å²) in [5.74, 6) is -0.0221. The molecule has 25 heavy (non-hydrogen) atoms. The third-order valence-corrected chi connectivity index (χ3v) is 5.56. The molecule has 0 saturated carbocycles. The second-order valence-electron chi connectivity index (χ2n) is 6.30. The molecule has 0 radical (unpaired) electrons. The van der Waals surface area contributed by atoms with Crippen LogP contribution in [0.3, 0.4) is 0 Å². The maximum atomic E-state index is 12.3. The van der Waals surface area contributed by atoms with Crippen molar-refractivity contribution in [1.82, 2.24) is 10.9 Å². The summed E-state index contributed by atoms with van der Waals surface area (Å²) < 4.78 is 5.46. The highest BCUT2D eigenvalue weighted by molar-refractivity contribution is 7.10. The van der Waals surface area contributed by atoms with Crippen LogP contribution in [0, 0.1) is 13.8 Å². The fourth-order valence-electron chi connectivity index (χ4n) is 2.87. The Morgan fingerprint density at radius 1 is 1.12 bits per heavy atom. The summed E-state index contributed by atoms with van der Waals surface area (Å²) in [7, 11) is 0. The van der Waals surface area contributed by atoms with Crippen LogP contribution in [0.1, 0.15) is 44.8 Å². The van der Waals surface area contributed by atoms with Crippen LogP contribution < -0.4 is 15.6 Å². The molecule has 1 aromatic heterocycles. The number of nitrogens with one attached hydrogen (secondary N) is 2. The van der Waals surface area contributed by atoms with Gasteiger partial charge >= 0.3 is 0 Å². The third-order valence-electron chi connectivity index (χ3n) is 4.47. The average Bonchev–Trinajstić information content (AvgIpc) is 3.05.